The van der Waals surface area contributed by atoms with E-state index in [1.807, 2.05) is 6.07 Å². The predicted octanol–water partition coefficient (Wildman–Crippen LogP) is 2.94. The second kappa shape index (κ2) is 9.27. The number of hydrogen-bond acceptors (Lipinski definition) is 1. The molecule has 1 aromatic rings. The van der Waals surface area contributed by atoms with Gasteiger partial charge in [-0.25, -0.2) is 0 Å². The number of guanidine groups is 1. The van der Waals surface area contributed by atoms with Gasteiger partial charge >= 0.3 is 0 Å². The largest absolute Gasteiger partial charge is 0.356 e. The van der Waals surface area contributed by atoms with Crippen LogP contribution in [0.25, 0.3) is 0 Å². The van der Waals surface area contributed by atoms with Gasteiger partial charge in [-0.1, -0.05) is 37.3 Å². The lowest BCUT2D eigenvalue weighted by Gasteiger charge is -2.17. The molecule has 4 heteroatoms. The summed E-state index contributed by atoms with van der Waals surface area (Å²) < 4.78 is 0. The van der Waals surface area contributed by atoms with Crippen molar-refractivity contribution in [3.63, 3.8) is 0 Å². The molecule has 0 aliphatic carbocycles. The lowest BCUT2D eigenvalue weighted by molar-refractivity contribution is 0.682. The molecule has 3 nitrogen and oxygen atoms in total. The molecule has 17 heavy (non-hydrogen) atoms. The van der Waals surface area contributed by atoms with Crippen LogP contribution in [0.4, 0.5) is 0 Å². The number of halogens is 1. The normalized spacial score (nSPS) is 12.5. The number of aliphatic imine (C=N–C) groups is 1. The molecule has 0 saturated carbocycles. The molecule has 0 bridgehead atoms. The monoisotopic (exact) mass is 347 g/mol. The van der Waals surface area contributed by atoms with E-state index in [1.54, 1.807) is 7.05 Å². The van der Waals surface area contributed by atoms with E-state index in [9.17, 15) is 0 Å². The Bertz CT molecular complexity index is 325. The summed E-state index contributed by atoms with van der Waals surface area (Å²) in [5.41, 5.74) is 1.27. The Balaban J connectivity index is 0.00000256. The zero-order valence-corrected chi connectivity index (χ0v) is 13.1. The summed E-state index contributed by atoms with van der Waals surface area (Å²) >= 11 is 0. The molecule has 1 unspecified atom stereocenters. The Morgan fingerprint density at radius 3 is 2.47 bits per heavy atom. The number of hydrogen-bond donors (Lipinski definition) is 2. The van der Waals surface area contributed by atoms with E-state index >= 15 is 0 Å². The molecular weight excluding hydrogens is 325 g/mol. The first kappa shape index (κ1) is 16.2. The van der Waals surface area contributed by atoms with Crippen molar-refractivity contribution < 1.29 is 0 Å². The van der Waals surface area contributed by atoms with Gasteiger partial charge in [-0.05, 0) is 18.9 Å². The summed E-state index contributed by atoms with van der Waals surface area (Å²) in [6, 6.07) is 10.6. The summed E-state index contributed by atoms with van der Waals surface area (Å²) in [7, 11) is 1.79. The van der Waals surface area contributed by atoms with E-state index in [2.05, 4.69) is 53.7 Å². The Morgan fingerprint density at radius 2 is 1.94 bits per heavy atom. The average Bonchev–Trinajstić information content (AvgIpc) is 2.35. The predicted molar refractivity (Wildman–Crippen MR) is 85.1 cm³/mol. The number of nitrogens with zero attached hydrogens (tertiary/aromatic N) is 1. The summed E-state index contributed by atoms with van der Waals surface area (Å²) in [5.74, 6) is 0.859. The first-order valence-electron chi connectivity index (χ1n) is 5.80. The lowest BCUT2D eigenvalue weighted by Crippen LogP contribution is -2.38. The van der Waals surface area contributed by atoms with Gasteiger partial charge in [0, 0.05) is 13.6 Å². The number of rotatable bonds is 4. The van der Waals surface area contributed by atoms with Gasteiger partial charge in [0.1, 0.15) is 0 Å². The molecular formula is C13H22IN3. The van der Waals surface area contributed by atoms with E-state index in [0.717, 1.165) is 18.9 Å². The highest BCUT2D eigenvalue weighted by molar-refractivity contribution is 14.0. The van der Waals surface area contributed by atoms with Gasteiger partial charge in [0.15, 0.2) is 5.96 Å². The van der Waals surface area contributed by atoms with Crippen molar-refractivity contribution in [2.24, 2.45) is 4.99 Å². The molecule has 0 amide bonds. The quantitative estimate of drug-likeness (QED) is 0.499. The number of benzene rings is 1. The van der Waals surface area contributed by atoms with E-state index in [0.29, 0.717) is 0 Å². The third kappa shape index (κ3) is 5.91. The fraction of sp³-hybridized carbons (Fsp3) is 0.462. The molecule has 1 rings (SSSR count). The molecule has 0 spiro atoms. The van der Waals surface area contributed by atoms with Crippen LogP contribution in [0.1, 0.15) is 31.9 Å². The smallest absolute Gasteiger partial charge is 0.191 e. The Kier molecular flexibility index (Phi) is 8.85. The first-order chi connectivity index (χ1) is 7.77. The molecule has 0 aromatic heterocycles. The van der Waals surface area contributed by atoms with Crippen molar-refractivity contribution in [3.8, 4) is 0 Å². The van der Waals surface area contributed by atoms with Crippen LogP contribution in [0.3, 0.4) is 0 Å². The van der Waals surface area contributed by atoms with Crippen LogP contribution in [0, 0.1) is 0 Å². The summed E-state index contributed by atoms with van der Waals surface area (Å²) in [6.07, 6.45) is 1.10. The highest BCUT2D eigenvalue weighted by Gasteiger charge is 2.05. The first-order valence-corrected chi connectivity index (χ1v) is 5.80. The fourth-order valence-electron chi connectivity index (χ4n) is 1.47. The maximum Gasteiger partial charge on any atom is 0.191 e. The van der Waals surface area contributed by atoms with E-state index in [-0.39, 0.29) is 30.0 Å². The molecule has 0 fully saturated rings. The van der Waals surface area contributed by atoms with Crippen molar-refractivity contribution >= 4 is 29.9 Å². The van der Waals surface area contributed by atoms with Crippen molar-refractivity contribution in [1.29, 1.82) is 0 Å². The fourth-order valence-corrected chi connectivity index (χ4v) is 1.47. The minimum Gasteiger partial charge on any atom is -0.356 e. The third-order valence-corrected chi connectivity index (χ3v) is 2.42. The van der Waals surface area contributed by atoms with Gasteiger partial charge in [-0.2, -0.15) is 0 Å². The van der Waals surface area contributed by atoms with Crippen LogP contribution in [-0.2, 0) is 0 Å². The van der Waals surface area contributed by atoms with Gasteiger partial charge in [-0.3, -0.25) is 4.99 Å². The maximum atomic E-state index is 4.19. The molecule has 0 aliphatic rings. The van der Waals surface area contributed by atoms with Crippen LogP contribution >= 0.6 is 24.0 Å². The van der Waals surface area contributed by atoms with Crippen LogP contribution in [0.2, 0.25) is 0 Å². The topological polar surface area (TPSA) is 36.4 Å². The molecule has 0 saturated heterocycles. The molecule has 0 radical (unpaired) electrons. The molecule has 0 aliphatic heterocycles. The lowest BCUT2D eigenvalue weighted by atomic mass is 10.1. The second-order valence-electron chi connectivity index (χ2n) is 3.78. The van der Waals surface area contributed by atoms with Crippen LogP contribution in [0.15, 0.2) is 35.3 Å². The average molecular weight is 347 g/mol. The van der Waals surface area contributed by atoms with Gasteiger partial charge < -0.3 is 10.6 Å². The van der Waals surface area contributed by atoms with E-state index < -0.39 is 0 Å². The van der Waals surface area contributed by atoms with Gasteiger partial charge in [-0.15, -0.1) is 24.0 Å². The summed E-state index contributed by atoms with van der Waals surface area (Å²) in [4.78, 5) is 4.19. The minimum atomic E-state index is 0. The molecule has 0 heterocycles. The third-order valence-electron chi connectivity index (χ3n) is 2.42. The van der Waals surface area contributed by atoms with Crippen molar-refractivity contribution in [2.45, 2.75) is 26.3 Å². The summed E-state index contributed by atoms with van der Waals surface area (Å²) in [5, 5.41) is 6.62. The SMILES string of the molecule is CCCNC(=NC)NC(C)c1ccccc1.I. The van der Waals surface area contributed by atoms with Crippen LogP contribution in [-0.4, -0.2) is 19.6 Å². The Morgan fingerprint density at radius 1 is 1.29 bits per heavy atom. The minimum absolute atomic E-state index is 0. The Labute approximate surface area is 121 Å². The molecule has 1 atom stereocenters. The maximum absolute atomic E-state index is 4.19. The van der Waals surface area contributed by atoms with Crippen LogP contribution < -0.4 is 10.6 Å². The second-order valence-corrected chi connectivity index (χ2v) is 3.78. The van der Waals surface area contributed by atoms with Crippen molar-refractivity contribution in [2.75, 3.05) is 13.6 Å². The molecule has 96 valence electrons. The summed E-state index contributed by atoms with van der Waals surface area (Å²) in [6.45, 7) is 5.22. The number of nitrogens with one attached hydrogen (secondary N) is 2. The van der Waals surface area contributed by atoms with Gasteiger partial charge in [0.25, 0.3) is 0 Å². The standard InChI is InChI=1S/C13H21N3.HI/c1-4-10-15-13(14-3)16-11(2)12-8-6-5-7-9-12;/h5-9,11H,4,10H2,1-3H3,(H2,14,15,16);1H. The van der Waals surface area contributed by atoms with E-state index in [4.69, 9.17) is 0 Å². The van der Waals surface area contributed by atoms with Gasteiger partial charge in [0.05, 0.1) is 6.04 Å². The van der Waals surface area contributed by atoms with Crippen molar-refractivity contribution in [3.05, 3.63) is 35.9 Å². The molecule has 2 N–H and O–H groups in total. The Hall–Kier alpha value is -0.780. The van der Waals surface area contributed by atoms with Crippen molar-refractivity contribution in [1.82, 2.24) is 10.6 Å². The van der Waals surface area contributed by atoms with Crippen LogP contribution in [0.5, 0.6) is 0 Å². The zero-order chi connectivity index (χ0) is 11.8. The zero-order valence-electron chi connectivity index (χ0n) is 10.7. The molecule has 1 aromatic carbocycles. The highest BCUT2D eigenvalue weighted by Crippen LogP contribution is 2.10. The van der Waals surface area contributed by atoms with E-state index in [1.165, 1.54) is 5.56 Å². The highest BCUT2D eigenvalue weighted by atomic mass is 127. The van der Waals surface area contributed by atoms with Gasteiger partial charge in [0.2, 0.25) is 0 Å².